The summed E-state index contributed by atoms with van der Waals surface area (Å²) < 4.78 is 4.72. The Labute approximate surface area is 106 Å². The maximum atomic E-state index is 11.7. The van der Waals surface area contributed by atoms with E-state index in [0.717, 1.165) is 36.6 Å². The number of carbonyl (C=O) groups excluding carboxylic acids is 2. The van der Waals surface area contributed by atoms with Crippen LogP contribution in [-0.4, -0.2) is 17.0 Å². The Morgan fingerprint density at radius 1 is 1.53 bits per heavy atom. The minimum Gasteiger partial charge on any atom is -0.454 e. The van der Waals surface area contributed by atoms with Gasteiger partial charge in [-0.2, -0.15) is 0 Å². The summed E-state index contributed by atoms with van der Waals surface area (Å²) in [5, 5.41) is 0.0198. The van der Waals surface area contributed by atoms with Crippen LogP contribution in [0.1, 0.15) is 33.1 Å². The van der Waals surface area contributed by atoms with E-state index >= 15 is 0 Å². The molecule has 0 heterocycles. The summed E-state index contributed by atoms with van der Waals surface area (Å²) in [6, 6.07) is 0. The standard InChI is InChI=1S/C13H18O3S/c1-9(2)11-4-6-12(7-5-11)13(15)17-8-16-10(3)14/h6,11H,1,4-5,7-8H2,2-3H3/t11-/m1/s1. The van der Waals surface area contributed by atoms with Crippen molar-refractivity contribution in [2.75, 3.05) is 5.94 Å². The van der Waals surface area contributed by atoms with Gasteiger partial charge in [-0.3, -0.25) is 9.59 Å². The highest BCUT2D eigenvalue weighted by Crippen LogP contribution is 2.30. The van der Waals surface area contributed by atoms with Crippen LogP contribution in [0.25, 0.3) is 0 Å². The van der Waals surface area contributed by atoms with Gasteiger partial charge in [0.05, 0.1) is 0 Å². The third kappa shape index (κ3) is 4.77. The molecule has 0 aliphatic heterocycles. The van der Waals surface area contributed by atoms with E-state index in [-0.39, 0.29) is 17.0 Å². The lowest BCUT2D eigenvalue weighted by Gasteiger charge is -2.21. The second-order valence-corrected chi connectivity index (χ2v) is 5.13. The van der Waals surface area contributed by atoms with Crippen molar-refractivity contribution in [2.24, 2.45) is 5.92 Å². The lowest BCUT2D eigenvalue weighted by atomic mass is 9.86. The first-order valence-corrected chi connectivity index (χ1v) is 6.64. The van der Waals surface area contributed by atoms with Gasteiger partial charge in [0.15, 0.2) is 0 Å². The molecule has 0 aromatic carbocycles. The van der Waals surface area contributed by atoms with E-state index in [4.69, 9.17) is 4.74 Å². The molecule has 0 amide bonds. The Morgan fingerprint density at radius 3 is 2.71 bits per heavy atom. The molecule has 4 heteroatoms. The van der Waals surface area contributed by atoms with Crippen molar-refractivity contribution in [3.8, 4) is 0 Å². The predicted molar refractivity (Wildman–Crippen MR) is 69.5 cm³/mol. The lowest BCUT2D eigenvalue weighted by molar-refractivity contribution is -0.138. The van der Waals surface area contributed by atoms with Crippen LogP contribution in [0.5, 0.6) is 0 Å². The monoisotopic (exact) mass is 254 g/mol. The van der Waals surface area contributed by atoms with Gasteiger partial charge in [0.1, 0.15) is 5.94 Å². The van der Waals surface area contributed by atoms with Gasteiger partial charge in [0.25, 0.3) is 0 Å². The van der Waals surface area contributed by atoms with Crippen LogP contribution in [0.2, 0.25) is 0 Å². The van der Waals surface area contributed by atoms with Crippen molar-refractivity contribution in [2.45, 2.75) is 33.1 Å². The summed E-state index contributed by atoms with van der Waals surface area (Å²) in [7, 11) is 0. The Bertz CT molecular complexity index is 358. The van der Waals surface area contributed by atoms with Crippen LogP contribution in [0.3, 0.4) is 0 Å². The highest BCUT2D eigenvalue weighted by Gasteiger charge is 2.19. The van der Waals surface area contributed by atoms with Gasteiger partial charge in [-0.25, -0.2) is 0 Å². The van der Waals surface area contributed by atoms with Crippen LogP contribution in [0.4, 0.5) is 0 Å². The fourth-order valence-electron chi connectivity index (χ4n) is 1.73. The summed E-state index contributed by atoms with van der Waals surface area (Å²) in [6.45, 7) is 7.31. The first kappa shape index (κ1) is 14.0. The topological polar surface area (TPSA) is 43.4 Å². The second-order valence-electron chi connectivity index (χ2n) is 4.23. The van der Waals surface area contributed by atoms with E-state index < -0.39 is 0 Å². The minimum atomic E-state index is -0.356. The normalized spacial score (nSPS) is 19.4. The maximum absolute atomic E-state index is 11.7. The van der Waals surface area contributed by atoms with Crippen molar-refractivity contribution >= 4 is 22.8 Å². The summed E-state index contributed by atoms with van der Waals surface area (Å²) >= 11 is 1.05. The van der Waals surface area contributed by atoms with Gasteiger partial charge in [-0.1, -0.05) is 18.2 Å². The zero-order valence-corrected chi connectivity index (χ0v) is 11.1. The first-order chi connectivity index (χ1) is 8.00. The zero-order chi connectivity index (χ0) is 12.8. The van der Waals surface area contributed by atoms with Gasteiger partial charge >= 0.3 is 5.97 Å². The van der Waals surface area contributed by atoms with E-state index in [1.807, 2.05) is 13.0 Å². The molecule has 0 saturated carbocycles. The molecule has 0 aromatic heterocycles. The van der Waals surface area contributed by atoms with Crippen molar-refractivity contribution in [3.63, 3.8) is 0 Å². The molecular formula is C13H18O3S. The molecule has 0 fully saturated rings. The fourth-order valence-corrected chi connectivity index (χ4v) is 2.43. The minimum absolute atomic E-state index is 0.0198. The van der Waals surface area contributed by atoms with E-state index in [2.05, 4.69) is 6.58 Å². The molecular weight excluding hydrogens is 236 g/mol. The first-order valence-electron chi connectivity index (χ1n) is 5.65. The fraction of sp³-hybridized carbons (Fsp3) is 0.538. The largest absolute Gasteiger partial charge is 0.454 e. The molecule has 17 heavy (non-hydrogen) atoms. The third-order valence-electron chi connectivity index (χ3n) is 2.82. The molecule has 1 rings (SSSR count). The molecule has 1 aliphatic rings. The molecule has 0 aromatic rings. The molecule has 0 spiro atoms. The molecule has 0 saturated heterocycles. The van der Waals surface area contributed by atoms with E-state index in [0.29, 0.717) is 5.92 Å². The predicted octanol–water partition coefficient (Wildman–Crippen LogP) is 3.07. The molecule has 94 valence electrons. The quantitative estimate of drug-likeness (QED) is 0.439. The van der Waals surface area contributed by atoms with Gasteiger partial charge in [0.2, 0.25) is 5.12 Å². The van der Waals surface area contributed by atoms with Crippen LogP contribution >= 0.6 is 11.8 Å². The maximum Gasteiger partial charge on any atom is 0.303 e. The molecule has 0 unspecified atom stereocenters. The number of esters is 1. The number of rotatable bonds is 4. The molecule has 0 radical (unpaired) electrons. The van der Waals surface area contributed by atoms with Crippen LogP contribution in [0.15, 0.2) is 23.8 Å². The van der Waals surface area contributed by atoms with E-state index in [1.54, 1.807) is 0 Å². The smallest absolute Gasteiger partial charge is 0.303 e. The van der Waals surface area contributed by atoms with Crippen molar-refractivity contribution in [3.05, 3.63) is 23.8 Å². The average molecular weight is 254 g/mol. The van der Waals surface area contributed by atoms with Crippen molar-refractivity contribution < 1.29 is 14.3 Å². The zero-order valence-electron chi connectivity index (χ0n) is 10.3. The number of carbonyl (C=O) groups is 2. The van der Waals surface area contributed by atoms with E-state index in [1.165, 1.54) is 12.5 Å². The van der Waals surface area contributed by atoms with Crippen LogP contribution in [-0.2, 0) is 14.3 Å². The number of ether oxygens (including phenoxy) is 1. The molecule has 0 bridgehead atoms. The number of hydrogen-bond donors (Lipinski definition) is 0. The Hall–Kier alpha value is -1.03. The summed E-state index contributed by atoms with van der Waals surface area (Å²) in [5.74, 6) is 0.255. The average Bonchev–Trinajstić information content (AvgIpc) is 2.28. The number of thioether (sulfide) groups is 1. The van der Waals surface area contributed by atoms with Crippen LogP contribution in [0, 0.1) is 5.92 Å². The number of allylic oxidation sites excluding steroid dienone is 2. The summed E-state index contributed by atoms with van der Waals surface area (Å²) in [4.78, 5) is 22.3. The Balaban J connectivity index is 2.39. The summed E-state index contributed by atoms with van der Waals surface area (Å²) in [6.07, 6.45) is 4.67. The molecule has 3 nitrogen and oxygen atoms in total. The van der Waals surface area contributed by atoms with Crippen molar-refractivity contribution in [1.82, 2.24) is 0 Å². The lowest BCUT2D eigenvalue weighted by Crippen LogP contribution is -2.11. The Kier molecular flexibility index (Phi) is 5.48. The second kappa shape index (κ2) is 6.64. The highest BCUT2D eigenvalue weighted by molar-refractivity contribution is 8.14. The van der Waals surface area contributed by atoms with Gasteiger partial charge in [-0.15, -0.1) is 0 Å². The molecule has 0 N–H and O–H groups in total. The van der Waals surface area contributed by atoms with Gasteiger partial charge < -0.3 is 4.74 Å². The van der Waals surface area contributed by atoms with Gasteiger partial charge in [0, 0.05) is 12.5 Å². The molecule has 1 aliphatic carbocycles. The molecule has 1 atom stereocenters. The van der Waals surface area contributed by atoms with E-state index in [9.17, 15) is 9.59 Å². The highest BCUT2D eigenvalue weighted by atomic mass is 32.2. The Morgan fingerprint density at radius 2 is 2.24 bits per heavy atom. The number of hydrogen-bond acceptors (Lipinski definition) is 4. The van der Waals surface area contributed by atoms with Crippen LogP contribution < -0.4 is 0 Å². The van der Waals surface area contributed by atoms with Gasteiger partial charge in [-0.05, 0) is 43.9 Å². The summed E-state index contributed by atoms with van der Waals surface area (Å²) in [5.41, 5.74) is 2.03. The SMILES string of the molecule is C=C(C)[C@@H]1CC=C(C(=O)SCOC(C)=O)CC1. The third-order valence-corrected chi connectivity index (χ3v) is 3.58. The van der Waals surface area contributed by atoms with Crippen molar-refractivity contribution in [1.29, 1.82) is 0 Å².